The number of rotatable bonds is 13. The van der Waals surface area contributed by atoms with Gasteiger partial charge in [0.2, 0.25) is 0 Å². The van der Waals surface area contributed by atoms with Gasteiger partial charge in [-0.05, 0) is 19.3 Å². The number of aliphatic hydroxyl groups is 2. The van der Waals surface area contributed by atoms with Crippen LogP contribution in [-0.4, -0.2) is 67.3 Å². The van der Waals surface area contributed by atoms with Gasteiger partial charge >= 0.3 is 0 Å². The third kappa shape index (κ3) is 6.94. The Morgan fingerprint density at radius 3 is 1.79 bits per heavy atom. The van der Waals surface area contributed by atoms with E-state index in [0.29, 0.717) is 19.8 Å². The maximum absolute atomic E-state index is 10.5. The third-order valence-corrected chi connectivity index (χ3v) is 4.19. The van der Waals surface area contributed by atoms with Crippen LogP contribution in [0.25, 0.3) is 0 Å². The molecule has 1 fully saturated rings. The minimum absolute atomic E-state index is 0.274. The molecule has 0 saturated carbocycles. The van der Waals surface area contributed by atoms with Crippen molar-refractivity contribution < 1.29 is 29.2 Å². The quantitative estimate of drug-likeness (QED) is 0.497. The standard InChI is InChI=1S/C18H36O6/c1-4-7-10-21-16-15(20)14(13-19)24-18(23-12-9-6-3)17(16)22-11-8-5-2/h14-20H,4-13H2,1-3H3/t14-,15-,16+,17-,18-/m1/s1. The van der Waals surface area contributed by atoms with Crippen LogP contribution in [0.4, 0.5) is 0 Å². The van der Waals surface area contributed by atoms with Gasteiger partial charge in [-0.1, -0.05) is 40.0 Å². The van der Waals surface area contributed by atoms with Gasteiger partial charge in [0.1, 0.15) is 24.4 Å². The van der Waals surface area contributed by atoms with Gasteiger partial charge in [-0.3, -0.25) is 0 Å². The van der Waals surface area contributed by atoms with E-state index in [1.165, 1.54) is 0 Å². The van der Waals surface area contributed by atoms with Crippen LogP contribution in [-0.2, 0) is 18.9 Å². The average molecular weight is 348 g/mol. The first-order valence-electron chi connectivity index (χ1n) is 9.48. The van der Waals surface area contributed by atoms with Gasteiger partial charge in [-0.25, -0.2) is 0 Å². The van der Waals surface area contributed by atoms with Crippen LogP contribution in [0.3, 0.4) is 0 Å². The molecule has 24 heavy (non-hydrogen) atoms. The lowest BCUT2D eigenvalue weighted by Crippen LogP contribution is -2.61. The fourth-order valence-electron chi connectivity index (χ4n) is 2.61. The predicted molar refractivity (Wildman–Crippen MR) is 91.9 cm³/mol. The molecule has 0 bridgehead atoms. The summed E-state index contributed by atoms with van der Waals surface area (Å²) < 4.78 is 23.4. The van der Waals surface area contributed by atoms with Crippen LogP contribution >= 0.6 is 0 Å². The highest BCUT2D eigenvalue weighted by Crippen LogP contribution is 2.27. The molecular formula is C18H36O6. The van der Waals surface area contributed by atoms with Crippen LogP contribution in [0.15, 0.2) is 0 Å². The van der Waals surface area contributed by atoms with E-state index in [9.17, 15) is 10.2 Å². The molecule has 0 aromatic carbocycles. The van der Waals surface area contributed by atoms with E-state index < -0.39 is 30.7 Å². The molecule has 1 aliphatic rings. The first-order chi connectivity index (χ1) is 11.7. The topological polar surface area (TPSA) is 77.4 Å². The SMILES string of the molecule is CCCCO[C@@H]1O[C@H](CO)[C@@H](O)[C@H](OCCCC)[C@H]1OCCCC. The van der Waals surface area contributed by atoms with Crippen molar-refractivity contribution in [2.45, 2.75) is 90.0 Å². The largest absolute Gasteiger partial charge is 0.394 e. The van der Waals surface area contributed by atoms with Crippen molar-refractivity contribution in [3.63, 3.8) is 0 Å². The molecule has 1 saturated heterocycles. The van der Waals surface area contributed by atoms with Gasteiger partial charge < -0.3 is 29.2 Å². The minimum Gasteiger partial charge on any atom is -0.394 e. The Kier molecular flexibility index (Phi) is 11.8. The first-order valence-corrected chi connectivity index (χ1v) is 9.48. The van der Waals surface area contributed by atoms with Crippen molar-refractivity contribution in [1.82, 2.24) is 0 Å². The Labute approximate surface area is 146 Å². The lowest BCUT2D eigenvalue weighted by atomic mass is 9.98. The number of hydrogen-bond donors (Lipinski definition) is 2. The summed E-state index contributed by atoms with van der Waals surface area (Å²) in [6.07, 6.45) is 2.54. The molecule has 0 aromatic heterocycles. The van der Waals surface area contributed by atoms with E-state index in [1.54, 1.807) is 0 Å². The van der Waals surface area contributed by atoms with Gasteiger partial charge in [0.15, 0.2) is 6.29 Å². The Bertz CT molecular complexity index is 301. The monoisotopic (exact) mass is 348 g/mol. The second kappa shape index (κ2) is 13.0. The number of aliphatic hydroxyl groups excluding tert-OH is 2. The molecule has 1 rings (SSSR count). The summed E-state index contributed by atoms with van der Waals surface area (Å²) in [4.78, 5) is 0. The van der Waals surface area contributed by atoms with Gasteiger partial charge in [-0.2, -0.15) is 0 Å². The molecule has 6 nitrogen and oxygen atoms in total. The van der Waals surface area contributed by atoms with Gasteiger partial charge in [0.25, 0.3) is 0 Å². The molecule has 0 unspecified atom stereocenters. The van der Waals surface area contributed by atoms with Crippen molar-refractivity contribution >= 4 is 0 Å². The number of unbranched alkanes of at least 4 members (excludes halogenated alkanes) is 3. The molecule has 5 atom stereocenters. The summed E-state index contributed by atoms with van der Waals surface area (Å²) in [7, 11) is 0. The summed E-state index contributed by atoms with van der Waals surface area (Å²) in [5, 5.41) is 20.0. The maximum atomic E-state index is 10.5. The first kappa shape index (κ1) is 21.8. The van der Waals surface area contributed by atoms with Crippen molar-refractivity contribution in [2.24, 2.45) is 0 Å². The summed E-state index contributed by atoms with van der Waals surface area (Å²) in [6, 6.07) is 0. The van der Waals surface area contributed by atoms with E-state index in [2.05, 4.69) is 20.8 Å². The van der Waals surface area contributed by atoms with E-state index in [1.807, 2.05) is 0 Å². The van der Waals surface area contributed by atoms with Crippen LogP contribution in [0.1, 0.15) is 59.3 Å². The van der Waals surface area contributed by atoms with Crippen molar-refractivity contribution in [3.8, 4) is 0 Å². The predicted octanol–water partition coefficient (Wildman–Crippen LogP) is 2.25. The van der Waals surface area contributed by atoms with E-state index in [-0.39, 0.29) is 6.61 Å². The highest BCUT2D eigenvalue weighted by Gasteiger charge is 2.47. The Morgan fingerprint density at radius 1 is 0.792 bits per heavy atom. The van der Waals surface area contributed by atoms with Crippen molar-refractivity contribution in [2.75, 3.05) is 26.4 Å². The fourth-order valence-corrected chi connectivity index (χ4v) is 2.61. The van der Waals surface area contributed by atoms with E-state index in [0.717, 1.165) is 38.5 Å². The Hall–Kier alpha value is -0.240. The van der Waals surface area contributed by atoms with Gasteiger partial charge in [0, 0.05) is 19.8 Å². The lowest BCUT2D eigenvalue weighted by Gasteiger charge is -2.43. The van der Waals surface area contributed by atoms with Crippen LogP contribution in [0.5, 0.6) is 0 Å². The molecule has 1 aliphatic heterocycles. The Balaban J connectivity index is 2.77. The lowest BCUT2D eigenvalue weighted by molar-refractivity contribution is -0.316. The summed E-state index contributed by atoms with van der Waals surface area (Å²) in [5.74, 6) is 0. The molecule has 0 aliphatic carbocycles. The molecule has 2 N–H and O–H groups in total. The van der Waals surface area contributed by atoms with E-state index in [4.69, 9.17) is 18.9 Å². The summed E-state index contributed by atoms with van der Waals surface area (Å²) in [5.41, 5.74) is 0. The highest BCUT2D eigenvalue weighted by atomic mass is 16.7. The highest BCUT2D eigenvalue weighted by molar-refractivity contribution is 4.91. The fraction of sp³-hybridized carbons (Fsp3) is 1.00. The molecule has 0 spiro atoms. The summed E-state index contributed by atoms with van der Waals surface area (Å²) in [6.45, 7) is 7.69. The van der Waals surface area contributed by atoms with Crippen LogP contribution in [0.2, 0.25) is 0 Å². The molecule has 0 amide bonds. The maximum Gasteiger partial charge on any atom is 0.186 e. The zero-order chi connectivity index (χ0) is 17.8. The van der Waals surface area contributed by atoms with Gasteiger partial charge in [0.05, 0.1) is 6.61 Å². The summed E-state index contributed by atoms with van der Waals surface area (Å²) >= 11 is 0. The minimum atomic E-state index is -0.926. The zero-order valence-electron chi connectivity index (χ0n) is 15.5. The smallest absolute Gasteiger partial charge is 0.186 e. The molecule has 144 valence electrons. The second-order valence-electron chi connectivity index (χ2n) is 6.32. The number of ether oxygens (including phenoxy) is 4. The zero-order valence-corrected chi connectivity index (χ0v) is 15.5. The molecular weight excluding hydrogens is 312 g/mol. The number of hydrogen-bond acceptors (Lipinski definition) is 6. The Morgan fingerprint density at radius 2 is 1.29 bits per heavy atom. The van der Waals surface area contributed by atoms with Gasteiger partial charge in [-0.15, -0.1) is 0 Å². The second-order valence-corrected chi connectivity index (χ2v) is 6.32. The molecule has 0 aromatic rings. The molecule has 1 heterocycles. The van der Waals surface area contributed by atoms with Crippen LogP contribution < -0.4 is 0 Å². The van der Waals surface area contributed by atoms with Crippen LogP contribution in [0, 0.1) is 0 Å². The average Bonchev–Trinajstić information content (AvgIpc) is 2.59. The van der Waals surface area contributed by atoms with E-state index >= 15 is 0 Å². The van der Waals surface area contributed by atoms with Crippen molar-refractivity contribution in [1.29, 1.82) is 0 Å². The normalized spacial score (nSPS) is 30.6. The molecule has 0 radical (unpaired) electrons. The third-order valence-electron chi connectivity index (χ3n) is 4.19. The van der Waals surface area contributed by atoms with Crippen molar-refractivity contribution in [3.05, 3.63) is 0 Å². The molecule has 6 heteroatoms.